The highest BCUT2D eigenvalue weighted by Crippen LogP contribution is 2.22. The number of aryl methyl sites for hydroxylation is 1. The van der Waals surface area contributed by atoms with Crippen LogP contribution in [-0.2, 0) is 16.0 Å². The van der Waals surface area contributed by atoms with E-state index >= 15 is 0 Å². The molecule has 0 saturated heterocycles. The highest BCUT2D eigenvalue weighted by Gasteiger charge is 2.07. The van der Waals surface area contributed by atoms with Gasteiger partial charge in [0, 0.05) is 11.8 Å². The van der Waals surface area contributed by atoms with Crippen molar-refractivity contribution in [2.45, 2.75) is 13.3 Å². The van der Waals surface area contributed by atoms with Crippen LogP contribution in [0.15, 0.2) is 54.6 Å². The van der Waals surface area contributed by atoms with E-state index in [2.05, 4.69) is 15.6 Å². The third-order valence-electron chi connectivity index (χ3n) is 3.78. The summed E-state index contributed by atoms with van der Waals surface area (Å²) < 4.78 is 1.07. The zero-order valence-corrected chi connectivity index (χ0v) is 15.2. The minimum atomic E-state index is -0.330. The molecule has 1 heterocycles. The van der Waals surface area contributed by atoms with E-state index in [9.17, 15) is 9.59 Å². The Balaban J connectivity index is 1.52. The van der Waals surface area contributed by atoms with Gasteiger partial charge in [-0.1, -0.05) is 37.3 Å². The van der Waals surface area contributed by atoms with E-state index in [1.54, 1.807) is 6.08 Å². The summed E-state index contributed by atoms with van der Waals surface area (Å²) in [6, 6.07) is 15.4. The number of nitrogens with one attached hydrogen (secondary N) is 2. The number of thiazole rings is 1. The summed E-state index contributed by atoms with van der Waals surface area (Å²) in [5, 5.41) is 6.16. The summed E-state index contributed by atoms with van der Waals surface area (Å²) in [4.78, 5) is 28.4. The number of aromatic nitrogens is 1. The SMILES string of the molecule is CCc1ccccc1NC(=O)CNC(=O)/C=C/c1nc2ccccc2s1. The molecule has 0 atom stereocenters. The fourth-order valence-corrected chi connectivity index (χ4v) is 3.35. The number of nitrogens with zero attached hydrogens (tertiary/aromatic N) is 1. The van der Waals surface area contributed by atoms with Crippen molar-refractivity contribution in [1.82, 2.24) is 10.3 Å². The lowest BCUT2D eigenvalue weighted by atomic mass is 10.1. The van der Waals surface area contributed by atoms with Gasteiger partial charge in [-0.2, -0.15) is 0 Å². The zero-order chi connectivity index (χ0) is 18.4. The maximum atomic E-state index is 12.0. The molecule has 0 fully saturated rings. The quantitative estimate of drug-likeness (QED) is 0.655. The zero-order valence-electron chi connectivity index (χ0n) is 14.4. The van der Waals surface area contributed by atoms with Crippen LogP contribution < -0.4 is 10.6 Å². The summed E-state index contributed by atoms with van der Waals surface area (Å²) in [5.74, 6) is -0.587. The van der Waals surface area contributed by atoms with E-state index in [1.807, 2.05) is 55.5 Å². The monoisotopic (exact) mass is 365 g/mol. The lowest BCUT2D eigenvalue weighted by Crippen LogP contribution is -2.31. The Morgan fingerprint density at radius 3 is 2.69 bits per heavy atom. The number of fused-ring (bicyclic) bond motifs is 1. The Bertz CT molecular complexity index is 929. The van der Waals surface area contributed by atoms with Crippen molar-refractivity contribution in [3.8, 4) is 0 Å². The van der Waals surface area contributed by atoms with Gasteiger partial charge in [-0.15, -0.1) is 11.3 Å². The normalized spacial score (nSPS) is 11.0. The van der Waals surface area contributed by atoms with E-state index in [-0.39, 0.29) is 18.4 Å². The molecule has 2 amide bonds. The molecule has 0 aliphatic rings. The fraction of sp³-hybridized carbons (Fsp3) is 0.150. The number of benzene rings is 2. The largest absolute Gasteiger partial charge is 0.343 e. The molecular formula is C20H19N3O2S. The van der Waals surface area contributed by atoms with Crippen LogP contribution in [0.5, 0.6) is 0 Å². The van der Waals surface area contributed by atoms with Crippen molar-refractivity contribution >= 4 is 45.1 Å². The minimum absolute atomic E-state index is 0.0823. The van der Waals surface area contributed by atoms with E-state index in [0.29, 0.717) is 0 Å². The minimum Gasteiger partial charge on any atom is -0.343 e. The van der Waals surface area contributed by atoms with Crippen LogP contribution in [0.25, 0.3) is 16.3 Å². The van der Waals surface area contributed by atoms with E-state index in [4.69, 9.17) is 0 Å². The second-order valence-electron chi connectivity index (χ2n) is 5.63. The number of para-hydroxylation sites is 2. The number of amides is 2. The molecule has 2 aromatic carbocycles. The first-order valence-corrected chi connectivity index (χ1v) is 9.16. The van der Waals surface area contributed by atoms with Gasteiger partial charge in [0.25, 0.3) is 0 Å². The number of hydrogen-bond donors (Lipinski definition) is 2. The molecule has 0 bridgehead atoms. The predicted octanol–water partition coefficient (Wildman–Crippen LogP) is 3.63. The first-order chi connectivity index (χ1) is 12.7. The Morgan fingerprint density at radius 1 is 1.12 bits per heavy atom. The molecule has 26 heavy (non-hydrogen) atoms. The Labute approximate surface area is 155 Å². The smallest absolute Gasteiger partial charge is 0.244 e. The molecule has 0 aliphatic carbocycles. The van der Waals surface area contributed by atoms with Gasteiger partial charge in [-0.05, 0) is 36.3 Å². The van der Waals surface area contributed by atoms with Crippen LogP contribution in [0, 0.1) is 0 Å². The molecule has 0 radical (unpaired) electrons. The van der Waals surface area contributed by atoms with Crippen molar-refractivity contribution in [1.29, 1.82) is 0 Å². The molecule has 6 heteroatoms. The second-order valence-corrected chi connectivity index (χ2v) is 6.69. The number of carbonyl (C=O) groups excluding carboxylic acids is 2. The summed E-state index contributed by atoms with van der Waals surface area (Å²) in [7, 11) is 0. The van der Waals surface area contributed by atoms with E-state index in [1.165, 1.54) is 17.4 Å². The lowest BCUT2D eigenvalue weighted by molar-refractivity contribution is -0.121. The summed E-state index contributed by atoms with van der Waals surface area (Å²) >= 11 is 1.51. The fourth-order valence-electron chi connectivity index (χ4n) is 2.48. The highest BCUT2D eigenvalue weighted by molar-refractivity contribution is 7.19. The Hall–Kier alpha value is -2.99. The van der Waals surface area contributed by atoms with Crippen molar-refractivity contribution in [2.75, 3.05) is 11.9 Å². The van der Waals surface area contributed by atoms with Crippen molar-refractivity contribution < 1.29 is 9.59 Å². The third kappa shape index (κ3) is 4.55. The molecule has 0 saturated carbocycles. The van der Waals surface area contributed by atoms with Gasteiger partial charge < -0.3 is 10.6 Å². The van der Waals surface area contributed by atoms with Crippen LogP contribution >= 0.6 is 11.3 Å². The highest BCUT2D eigenvalue weighted by atomic mass is 32.1. The summed E-state index contributed by atoms with van der Waals surface area (Å²) in [6.07, 6.45) is 3.88. The molecule has 0 aliphatic heterocycles. The van der Waals surface area contributed by atoms with Crippen LogP contribution in [0.2, 0.25) is 0 Å². The second kappa shape index (κ2) is 8.40. The van der Waals surface area contributed by atoms with Crippen LogP contribution in [0.3, 0.4) is 0 Å². The third-order valence-corrected chi connectivity index (χ3v) is 4.78. The number of rotatable bonds is 6. The Morgan fingerprint density at radius 2 is 1.88 bits per heavy atom. The molecule has 5 nitrogen and oxygen atoms in total. The first kappa shape index (κ1) is 17.8. The molecular weight excluding hydrogens is 346 g/mol. The standard InChI is InChI=1S/C20H19N3O2S/c1-2-14-7-3-4-8-15(14)22-19(25)13-21-18(24)11-12-20-23-16-9-5-6-10-17(16)26-20/h3-12H,2,13H2,1H3,(H,21,24)(H,22,25)/b12-11+. The van der Waals surface area contributed by atoms with Crippen molar-refractivity contribution in [3.05, 3.63) is 65.2 Å². The molecule has 2 N–H and O–H groups in total. The maximum Gasteiger partial charge on any atom is 0.244 e. The van der Waals surface area contributed by atoms with Gasteiger partial charge in [0.2, 0.25) is 11.8 Å². The number of hydrogen-bond acceptors (Lipinski definition) is 4. The maximum absolute atomic E-state index is 12.0. The molecule has 0 unspecified atom stereocenters. The van der Waals surface area contributed by atoms with Gasteiger partial charge in [-0.3, -0.25) is 9.59 Å². The topological polar surface area (TPSA) is 71.1 Å². The molecule has 3 aromatic rings. The van der Waals surface area contributed by atoms with Crippen molar-refractivity contribution in [3.63, 3.8) is 0 Å². The van der Waals surface area contributed by atoms with Gasteiger partial charge in [0.1, 0.15) is 5.01 Å². The van der Waals surface area contributed by atoms with Crippen LogP contribution in [-0.4, -0.2) is 23.3 Å². The Kier molecular flexibility index (Phi) is 5.76. The molecule has 0 spiro atoms. The first-order valence-electron chi connectivity index (χ1n) is 8.35. The predicted molar refractivity (Wildman–Crippen MR) is 106 cm³/mol. The van der Waals surface area contributed by atoms with E-state index < -0.39 is 0 Å². The van der Waals surface area contributed by atoms with Gasteiger partial charge in [-0.25, -0.2) is 4.98 Å². The van der Waals surface area contributed by atoms with Gasteiger partial charge in [0.05, 0.1) is 16.8 Å². The van der Waals surface area contributed by atoms with Gasteiger partial charge >= 0.3 is 0 Å². The van der Waals surface area contributed by atoms with E-state index in [0.717, 1.165) is 32.9 Å². The number of carbonyl (C=O) groups is 2. The van der Waals surface area contributed by atoms with Crippen molar-refractivity contribution in [2.24, 2.45) is 0 Å². The van der Waals surface area contributed by atoms with Crippen LogP contribution in [0.1, 0.15) is 17.5 Å². The summed E-state index contributed by atoms with van der Waals surface area (Å²) in [5.41, 5.74) is 2.74. The molecule has 1 aromatic heterocycles. The number of anilines is 1. The summed E-state index contributed by atoms with van der Waals surface area (Å²) in [6.45, 7) is 1.95. The average molecular weight is 365 g/mol. The molecule has 3 rings (SSSR count). The average Bonchev–Trinajstić information content (AvgIpc) is 3.08. The lowest BCUT2D eigenvalue weighted by Gasteiger charge is -2.09. The van der Waals surface area contributed by atoms with Gasteiger partial charge in [0.15, 0.2) is 0 Å². The van der Waals surface area contributed by atoms with Crippen LogP contribution in [0.4, 0.5) is 5.69 Å². The molecule has 132 valence electrons.